The fourth-order valence-electron chi connectivity index (χ4n) is 2.83. The van der Waals surface area contributed by atoms with Gasteiger partial charge in [-0.2, -0.15) is 17.0 Å². The van der Waals surface area contributed by atoms with Crippen LogP contribution in [0.1, 0.15) is 29.3 Å². The molecule has 1 N–H and O–H groups in total. The van der Waals surface area contributed by atoms with Gasteiger partial charge >= 0.3 is 0 Å². The number of carbonyl (C=O) groups excluding carboxylic acids is 1. The van der Waals surface area contributed by atoms with Gasteiger partial charge in [0, 0.05) is 29.0 Å². The van der Waals surface area contributed by atoms with Crippen LogP contribution in [0, 0.1) is 11.3 Å². The van der Waals surface area contributed by atoms with Gasteiger partial charge in [0.15, 0.2) is 0 Å². The average molecular weight is 422 g/mol. The minimum absolute atomic E-state index is 0.0128. The Labute approximate surface area is 180 Å². The van der Waals surface area contributed by atoms with E-state index in [4.69, 9.17) is 5.26 Å². The molecule has 0 aliphatic carbocycles. The molecule has 1 heterocycles. The second kappa shape index (κ2) is 10.8. The molecule has 3 rings (SSSR count). The Balaban J connectivity index is 1.41. The molecule has 0 atom stereocenters. The number of nitrogens with one attached hydrogen (secondary N) is 1. The van der Waals surface area contributed by atoms with Crippen molar-refractivity contribution in [1.82, 2.24) is 10.3 Å². The van der Waals surface area contributed by atoms with E-state index in [1.54, 1.807) is 23.1 Å². The van der Waals surface area contributed by atoms with E-state index >= 15 is 0 Å². The maximum absolute atomic E-state index is 12.2. The van der Waals surface area contributed by atoms with Crippen molar-refractivity contribution < 1.29 is 4.79 Å². The van der Waals surface area contributed by atoms with E-state index in [2.05, 4.69) is 47.6 Å². The van der Waals surface area contributed by atoms with Gasteiger partial charge in [-0.25, -0.2) is 4.98 Å². The fraction of sp³-hybridized carbons (Fsp3) is 0.261. The van der Waals surface area contributed by atoms with Crippen LogP contribution in [0.2, 0.25) is 0 Å². The molecule has 3 aromatic rings. The highest BCUT2D eigenvalue weighted by atomic mass is 32.2. The molecule has 0 aliphatic rings. The maximum atomic E-state index is 12.2. The standard InChI is InChI=1S/C23H23N3OS2/c1-2-17-7-9-18(10-8-17)23-26-21(16-29-23)13-22(27)25-11-12-28-15-20-6-4-3-5-19(20)14-24/h3-10,16H,2,11-13,15H2,1H3,(H,25,27). The average Bonchev–Trinajstić information content (AvgIpc) is 3.22. The quantitative estimate of drug-likeness (QED) is 0.502. The van der Waals surface area contributed by atoms with Crippen molar-refractivity contribution >= 4 is 29.0 Å². The van der Waals surface area contributed by atoms with Crippen molar-refractivity contribution in [2.75, 3.05) is 12.3 Å². The van der Waals surface area contributed by atoms with Crippen molar-refractivity contribution in [3.63, 3.8) is 0 Å². The zero-order chi connectivity index (χ0) is 20.5. The van der Waals surface area contributed by atoms with Gasteiger partial charge in [0.2, 0.25) is 5.91 Å². The Bertz CT molecular complexity index is 990. The number of rotatable bonds is 9. The molecule has 0 unspecified atom stereocenters. The van der Waals surface area contributed by atoms with Crippen LogP contribution in [0.15, 0.2) is 53.9 Å². The summed E-state index contributed by atoms with van der Waals surface area (Å²) in [4.78, 5) is 16.8. The number of thioether (sulfide) groups is 1. The number of carbonyl (C=O) groups is 1. The van der Waals surface area contributed by atoms with Crippen LogP contribution in [0.25, 0.3) is 10.6 Å². The molecule has 29 heavy (non-hydrogen) atoms. The fourth-order valence-corrected chi connectivity index (χ4v) is 4.52. The van der Waals surface area contributed by atoms with Crippen LogP contribution >= 0.6 is 23.1 Å². The predicted molar refractivity (Wildman–Crippen MR) is 121 cm³/mol. The third-order valence-corrected chi connectivity index (χ3v) is 6.41. The number of hydrogen-bond donors (Lipinski definition) is 1. The van der Waals surface area contributed by atoms with Crippen molar-refractivity contribution in [2.24, 2.45) is 0 Å². The lowest BCUT2D eigenvalue weighted by Crippen LogP contribution is -2.27. The molecule has 0 fully saturated rings. The Morgan fingerprint density at radius 2 is 2.00 bits per heavy atom. The number of benzene rings is 2. The van der Waals surface area contributed by atoms with E-state index in [9.17, 15) is 4.79 Å². The minimum atomic E-state index is -0.0128. The lowest BCUT2D eigenvalue weighted by molar-refractivity contribution is -0.120. The third kappa shape index (κ3) is 6.18. The molecular formula is C23H23N3OS2. The van der Waals surface area contributed by atoms with Crippen LogP contribution in [0.4, 0.5) is 0 Å². The summed E-state index contributed by atoms with van der Waals surface area (Å²) in [6.07, 6.45) is 1.32. The molecule has 0 bridgehead atoms. The second-order valence-corrected chi connectivity index (χ2v) is 8.51. The first-order chi connectivity index (χ1) is 14.2. The van der Waals surface area contributed by atoms with Gasteiger partial charge < -0.3 is 5.32 Å². The van der Waals surface area contributed by atoms with Crippen molar-refractivity contribution in [3.8, 4) is 16.6 Å². The van der Waals surface area contributed by atoms with Gasteiger partial charge in [0.25, 0.3) is 0 Å². The highest BCUT2D eigenvalue weighted by molar-refractivity contribution is 7.98. The summed E-state index contributed by atoms with van der Waals surface area (Å²) in [5.41, 5.74) is 4.95. The zero-order valence-electron chi connectivity index (χ0n) is 16.4. The molecule has 2 aromatic carbocycles. The van der Waals surface area contributed by atoms with Gasteiger partial charge in [-0.15, -0.1) is 11.3 Å². The predicted octanol–water partition coefficient (Wildman–Crippen LogP) is 4.84. The monoisotopic (exact) mass is 421 g/mol. The summed E-state index contributed by atoms with van der Waals surface area (Å²) in [7, 11) is 0. The molecule has 0 aliphatic heterocycles. The Kier molecular flexibility index (Phi) is 7.85. The summed E-state index contributed by atoms with van der Waals surface area (Å²) < 4.78 is 0. The summed E-state index contributed by atoms with van der Waals surface area (Å²) in [5, 5.41) is 15.0. The number of hydrogen-bond acceptors (Lipinski definition) is 5. The van der Waals surface area contributed by atoms with Gasteiger partial charge in [-0.1, -0.05) is 49.4 Å². The van der Waals surface area contributed by atoms with Gasteiger partial charge in [-0.05, 0) is 23.6 Å². The van der Waals surface area contributed by atoms with E-state index in [0.29, 0.717) is 18.5 Å². The first-order valence-corrected chi connectivity index (χ1v) is 11.6. The smallest absolute Gasteiger partial charge is 0.226 e. The summed E-state index contributed by atoms with van der Waals surface area (Å²) in [6.45, 7) is 2.74. The Morgan fingerprint density at radius 1 is 1.21 bits per heavy atom. The maximum Gasteiger partial charge on any atom is 0.226 e. The molecule has 1 amide bonds. The third-order valence-electron chi connectivity index (χ3n) is 4.47. The Hall–Kier alpha value is -2.62. The number of amides is 1. The first kappa shape index (κ1) is 21.1. The number of nitriles is 1. The second-order valence-electron chi connectivity index (χ2n) is 6.54. The number of nitrogens with zero attached hydrogens (tertiary/aromatic N) is 2. The van der Waals surface area contributed by atoms with Gasteiger partial charge in [0.1, 0.15) is 5.01 Å². The van der Waals surface area contributed by atoms with E-state index in [0.717, 1.165) is 39.8 Å². The first-order valence-electron chi connectivity index (χ1n) is 9.55. The highest BCUT2D eigenvalue weighted by Gasteiger charge is 2.09. The molecule has 0 radical (unpaired) electrons. The molecule has 148 valence electrons. The van der Waals surface area contributed by atoms with Crippen molar-refractivity contribution in [1.29, 1.82) is 5.26 Å². The largest absolute Gasteiger partial charge is 0.355 e. The summed E-state index contributed by atoms with van der Waals surface area (Å²) in [6, 6.07) is 18.2. The van der Waals surface area contributed by atoms with Gasteiger partial charge in [0.05, 0.1) is 23.7 Å². The summed E-state index contributed by atoms with van der Waals surface area (Å²) in [5.74, 6) is 1.56. The molecule has 0 saturated carbocycles. The topological polar surface area (TPSA) is 65.8 Å². The number of aromatic nitrogens is 1. The normalized spacial score (nSPS) is 10.5. The van der Waals surface area contributed by atoms with Gasteiger partial charge in [-0.3, -0.25) is 4.79 Å². The van der Waals surface area contributed by atoms with E-state index in [1.807, 2.05) is 29.6 Å². The highest BCUT2D eigenvalue weighted by Crippen LogP contribution is 2.24. The molecule has 4 nitrogen and oxygen atoms in total. The zero-order valence-corrected chi connectivity index (χ0v) is 18.0. The molecule has 0 spiro atoms. The van der Waals surface area contributed by atoms with Crippen LogP contribution in [-0.4, -0.2) is 23.2 Å². The van der Waals surface area contributed by atoms with Crippen LogP contribution < -0.4 is 5.32 Å². The van der Waals surface area contributed by atoms with Crippen LogP contribution in [0.3, 0.4) is 0 Å². The minimum Gasteiger partial charge on any atom is -0.355 e. The lowest BCUT2D eigenvalue weighted by atomic mass is 10.1. The molecule has 1 aromatic heterocycles. The molecular weight excluding hydrogens is 398 g/mol. The van der Waals surface area contributed by atoms with Crippen LogP contribution in [-0.2, 0) is 23.4 Å². The van der Waals surface area contributed by atoms with Crippen LogP contribution in [0.5, 0.6) is 0 Å². The number of aryl methyl sites for hydroxylation is 1. The molecule has 6 heteroatoms. The van der Waals surface area contributed by atoms with E-state index < -0.39 is 0 Å². The van der Waals surface area contributed by atoms with Crippen molar-refractivity contribution in [3.05, 3.63) is 76.3 Å². The summed E-state index contributed by atoms with van der Waals surface area (Å²) >= 11 is 3.28. The van der Waals surface area contributed by atoms with Crippen molar-refractivity contribution in [2.45, 2.75) is 25.5 Å². The Morgan fingerprint density at radius 3 is 2.76 bits per heavy atom. The SMILES string of the molecule is CCc1ccc(-c2nc(CC(=O)NCCSCc3ccccc3C#N)cs2)cc1. The molecule has 0 saturated heterocycles. The van der Waals surface area contributed by atoms with E-state index in [-0.39, 0.29) is 5.91 Å². The van der Waals surface area contributed by atoms with E-state index in [1.165, 1.54) is 5.56 Å². The number of thiazole rings is 1. The lowest BCUT2D eigenvalue weighted by Gasteiger charge is -2.05.